The summed E-state index contributed by atoms with van der Waals surface area (Å²) in [5, 5.41) is 7.85. The summed E-state index contributed by atoms with van der Waals surface area (Å²) >= 11 is 0. The zero-order valence-corrected chi connectivity index (χ0v) is 14.9. The molecule has 0 bridgehead atoms. The van der Waals surface area contributed by atoms with Crippen LogP contribution >= 0.6 is 0 Å². The second-order valence-electron chi connectivity index (χ2n) is 6.91. The van der Waals surface area contributed by atoms with Gasteiger partial charge < -0.3 is 15.1 Å². The van der Waals surface area contributed by atoms with E-state index in [2.05, 4.69) is 62.8 Å². The molecule has 26 heavy (non-hydrogen) atoms. The Bertz CT molecular complexity index is 971. The van der Waals surface area contributed by atoms with Crippen LogP contribution < -0.4 is 5.32 Å². The number of rotatable bonds is 2. The maximum Gasteiger partial charge on any atom is 0.133 e. The molecule has 2 aromatic heterocycles. The van der Waals surface area contributed by atoms with E-state index in [0.717, 1.165) is 61.0 Å². The first-order valence-electron chi connectivity index (χ1n) is 9.14. The minimum Gasteiger partial charge on any atom is -0.368 e. The molecule has 0 radical (unpaired) electrons. The van der Waals surface area contributed by atoms with Crippen LogP contribution in [0.4, 0.5) is 0 Å². The van der Waals surface area contributed by atoms with E-state index in [0.29, 0.717) is 0 Å². The van der Waals surface area contributed by atoms with Gasteiger partial charge in [-0.2, -0.15) is 5.10 Å². The van der Waals surface area contributed by atoms with Crippen molar-refractivity contribution in [2.24, 2.45) is 4.99 Å². The van der Waals surface area contributed by atoms with Crippen molar-refractivity contribution < 1.29 is 0 Å². The zero-order chi connectivity index (χ0) is 17.5. The monoisotopic (exact) mass is 346 g/mol. The van der Waals surface area contributed by atoms with Gasteiger partial charge in [-0.15, -0.1) is 0 Å². The molecule has 6 heteroatoms. The van der Waals surface area contributed by atoms with Crippen molar-refractivity contribution in [3.05, 3.63) is 65.8 Å². The number of amidine groups is 1. The topological polar surface area (TPSA) is 48.2 Å². The quantitative estimate of drug-likeness (QED) is 0.904. The summed E-state index contributed by atoms with van der Waals surface area (Å²) in [7, 11) is 0. The van der Waals surface area contributed by atoms with E-state index in [-0.39, 0.29) is 0 Å². The molecule has 132 valence electrons. The van der Waals surface area contributed by atoms with Crippen LogP contribution in [-0.2, 0) is 0 Å². The highest BCUT2D eigenvalue weighted by Gasteiger charge is 2.20. The van der Waals surface area contributed by atoms with Crippen LogP contribution in [-0.4, -0.2) is 58.0 Å². The molecule has 0 amide bonds. The van der Waals surface area contributed by atoms with Crippen LogP contribution in [0.1, 0.15) is 11.3 Å². The molecular formula is C20H22N6. The molecule has 5 rings (SSSR count). The molecule has 2 aromatic rings. The number of pyridine rings is 1. The fourth-order valence-corrected chi connectivity index (χ4v) is 3.70. The number of hydrogen-bond donors (Lipinski definition) is 1. The number of aliphatic imine (C=N–C) groups is 1. The van der Waals surface area contributed by atoms with Crippen molar-refractivity contribution in [2.45, 2.75) is 6.92 Å². The normalized spacial score (nSPS) is 20.0. The molecule has 0 saturated carbocycles. The minimum absolute atomic E-state index is 0.845. The largest absolute Gasteiger partial charge is 0.368 e. The summed E-state index contributed by atoms with van der Waals surface area (Å²) < 4.78 is 1.91. The van der Waals surface area contributed by atoms with Crippen LogP contribution in [0.25, 0.3) is 11.2 Å². The van der Waals surface area contributed by atoms with Crippen molar-refractivity contribution in [3.8, 4) is 0 Å². The van der Waals surface area contributed by atoms with E-state index in [4.69, 9.17) is 4.99 Å². The minimum atomic E-state index is 0.845. The lowest BCUT2D eigenvalue weighted by atomic mass is 10.1. The number of allylic oxidation sites excluding steroid dienone is 1. The number of hydrogen-bond acceptors (Lipinski definition) is 5. The second-order valence-corrected chi connectivity index (χ2v) is 6.91. The molecule has 0 unspecified atom stereocenters. The van der Waals surface area contributed by atoms with Gasteiger partial charge in [-0.3, -0.25) is 0 Å². The lowest BCUT2D eigenvalue weighted by Gasteiger charge is -2.34. The Morgan fingerprint density at radius 1 is 1.12 bits per heavy atom. The highest BCUT2D eigenvalue weighted by Crippen LogP contribution is 2.25. The highest BCUT2D eigenvalue weighted by atomic mass is 15.2. The fraction of sp³-hybridized carbons (Fsp3) is 0.300. The maximum absolute atomic E-state index is 4.88. The van der Waals surface area contributed by atoms with Crippen molar-refractivity contribution >= 4 is 17.0 Å². The third-order valence-corrected chi connectivity index (χ3v) is 5.07. The Kier molecular flexibility index (Phi) is 3.64. The SMILES string of the molecule is Cc1cc2cc(C3=CCN4C=C(N5CCNCC5)C=CC4=N3)ccn2n1. The van der Waals surface area contributed by atoms with E-state index in [9.17, 15) is 0 Å². The molecule has 0 spiro atoms. The Labute approximate surface area is 152 Å². The van der Waals surface area contributed by atoms with Gasteiger partial charge in [0, 0.05) is 50.7 Å². The van der Waals surface area contributed by atoms with Gasteiger partial charge >= 0.3 is 0 Å². The summed E-state index contributed by atoms with van der Waals surface area (Å²) in [5.74, 6) is 1.01. The Morgan fingerprint density at radius 3 is 2.88 bits per heavy atom. The maximum atomic E-state index is 4.88. The van der Waals surface area contributed by atoms with Gasteiger partial charge in [0.2, 0.25) is 0 Å². The summed E-state index contributed by atoms with van der Waals surface area (Å²) in [4.78, 5) is 9.53. The van der Waals surface area contributed by atoms with Crippen LogP contribution in [0.5, 0.6) is 0 Å². The van der Waals surface area contributed by atoms with Gasteiger partial charge in [0.15, 0.2) is 0 Å². The van der Waals surface area contributed by atoms with Crippen molar-refractivity contribution in [1.29, 1.82) is 0 Å². The van der Waals surface area contributed by atoms with Gasteiger partial charge in [0.05, 0.1) is 22.6 Å². The number of nitrogens with one attached hydrogen (secondary N) is 1. The van der Waals surface area contributed by atoms with E-state index in [1.54, 1.807) is 0 Å². The zero-order valence-electron chi connectivity index (χ0n) is 14.9. The molecule has 3 aliphatic rings. The molecule has 6 nitrogen and oxygen atoms in total. The van der Waals surface area contributed by atoms with Gasteiger partial charge in [0.25, 0.3) is 0 Å². The van der Waals surface area contributed by atoms with Crippen LogP contribution in [0.3, 0.4) is 0 Å². The predicted octanol–water partition coefficient (Wildman–Crippen LogP) is 2.01. The number of piperazine rings is 1. The number of aryl methyl sites for hydroxylation is 1. The first-order valence-corrected chi connectivity index (χ1v) is 9.14. The van der Waals surface area contributed by atoms with E-state index in [1.807, 2.05) is 17.6 Å². The van der Waals surface area contributed by atoms with Crippen LogP contribution in [0.15, 0.2) is 59.5 Å². The molecule has 1 N–H and O–H groups in total. The van der Waals surface area contributed by atoms with Crippen molar-refractivity contribution in [1.82, 2.24) is 24.7 Å². The van der Waals surface area contributed by atoms with E-state index >= 15 is 0 Å². The predicted molar refractivity (Wildman–Crippen MR) is 104 cm³/mol. The number of nitrogens with zero attached hydrogens (tertiary/aromatic N) is 5. The molecule has 1 fully saturated rings. The molecule has 1 saturated heterocycles. The molecule has 5 heterocycles. The molecule has 0 aromatic carbocycles. The average molecular weight is 346 g/mol. The molecular weight excluding hydrogens is 324 g/mol. The van der Waals surface area contributed by atoms with Crippen molar-refractivity contribution in [3.63, 3.8) is 0 Å². The van der Waals surface area contributed by atoms with Gasteiger partial charge in [-0.1, -0.05) is 0 Å². The molecule has 0 atom stereocenters. The van der Waals surface area contributed by atoms with E-state index in [1.165, 1.54) is 5.70 Å². The van der Waals surface area contributed by atoms with Crippen molar-refractivity contribution in [2.75, 3.05) is 32.7 Å². The fourth-order valence-electron chi connectivity index (χ4n) is 3.70. The van der Waals surface area contributed by atoms with Gasteiger partial charge in [-0.25, -0.2) is 9.51 Å². The Balaban J connectivity index is 1.40. The summed E-state index contributed by atoms with van der Waals surface area (Å²) in [6, 6.07) is 6.33. The Hall–Kier alpha value is -2.86. The first kappa shape index (κ1) is 15.4. The lowest BCUT2D eigenvalue weighted by molar-refractivity contribution is 0.302. The number of fused-ring (bicyclic) bond motifs is 2. The summed E-state index contributed by atoms with van der Waals surface area (Å²) in [6.45, 7) is 7.07. The van der Waals surface area contributed by atoms with Gasteiger partial charge in [-0.05, 0) is 43.4 Å². The molecule has 0 aliphatic carbocycles. The van der Waals surface area contributed by atoms with Gasteiger partial charge in [0.1, 0.15) is 5.84 Å². The smallest absolute Gasteiger partial charge is 0.133 e. The van der Waals surface area contributed by atoms with Crippen LogP contribution in [0, 0.1) is 6.92 Å². The molecule has 3 aliphatic heterocycles. The van der Waals surface area contributed by atoms with E-state index < -0.39 is 0 Å². The summed E-state index contributed by atoms with van der Waals surface area (Å²) in [5.41, 5.74) is 5.57. The third kappa shape index (κ3) is 2.72. The number of aromatic nitrogens is 2. The highest BCUT2D eigenvalue weighted by molar-refractivity contribution is 6.00. The standard InChI is InChI=1S/C20H22N6/c1-15-12-18-13-16(4-9-26(18)23-15)19-5-8-25-14-17(2-3-20(25)22-19)24-10-6-21-7-11-24/h2-5,9,12-14,21H,6-8,10-11H2,1H3. The lowest BCUT2D eigenvalue weighted by Crippen LogP contribution is -2.44. The second kappa shape index (κ2) is 6.14. The van der Waals surface area contributed by atoms with Crippen LogP contribution in [0.2, 0.25) is 0 Å². The third-order valence-electron chi connectivity index (χ3n) is 5.07. The summed E-state index contributed by atoms with van der Waals surface area (Å²) in [6.07, 6.45) is 10.7. The first-order chi connectivity index (χ1) is 12.8. The Morgan fingerprint density at radius 2 is 2.00 bits per heavy atom. The average Bonchev–Trinajstić information content (AvgIpc) is 3.07.